The predicted molar refractivity (Wildman–Crippen MR) is 103 cm³/mol. The smallest absolute Gasteiger partial charge is 0.307 e. The first-order valence-electron chi connectivity index (χ1n) is 9.54. The Kier molecular flexibility index (Phi) is 10.8. The van der Waals surface area contributed by atoms with Gasteiger partial charge in [0.1, 0.15) is 0 Å². The van der Waals surface area contributed by atoms with E-state index in [9.17, 15) is 9.90 Å². The second-order valence-corrected chi connectivity index (χ2v) is 6.80. The Morgan fingerprint density at radius 1 is 1.12 bits per heavy atom. The van der Waals surface area contributed by atoms with Gasteiger partial charge in [-0.1, -0.05) is 39.2 Å². The molecule has 0 saturated heterocycles. The summed E-state index contributed by atoms with van der Waals surface area (Å²) in [5, 5.41) is 9.66. The van der Waals surface area contributed by atoms with Gasteiger partial charge >= 0.3 is 5.97 Å². The van der Waals surface area contributed by atoms with E-state index in [1.165, 1.54) is 0 Å². The molecule has 0 aromatic heterocycles. The van der Waals surface area contributed by atoms with E-state index in [1.54, 1.807) is 14.2 Å². The zero-order chi connectivity index (χ0) is 19.4. The molecule has 26 heavy (non-hydrogen) atoms. The molecule has 5 nitrogen and oxygen atoms in total. The van der Waals surface area contributed by atoms with Crippen molar-refractivity contribution in [1.29, 1.82) is 0 Å². The number of carboxylic acids is 1. The number of unbranched alkanes of at least 4 members (excludes halogenated alkanes) is 2. The van der Waals surface area contributed by atoms with E-state index < -0.39 is 5.97 Å². The van der Waals surface area contributed by atoms with Crippen molar-refractivity contribution in [3.63, 3.8) is 0 Å². The van der Waals surface area contributed by atoms with Crippen LogP contribution in [-0.2, 0) is 16.0 Å². The highest BCUT2D eigenvalue weighted by atomic mass is 16.5. The monoisotopic (exact) mass is 366 g/mol. The molecule has 0 aliphatic carbocycles. The lowest BCUT2D eigenvalue weighted by Gasteiger charge is -2.21. The Labute approximate surface area is 157 Å². The summed E-state index contributed by atoms with van der Waals surface area (Å²) in [6.07, 6.45) is 5.61. The van der Waals surface area contributed by atoms with Crippen LogP contribution in [0.25, 0.3) is 0 Å². The molecule has 1 aromatic carbocycles. The van der Waals surface area contributed by atoms with Crippen molar-refractivity contribution in [3.8, 4) is 11.5 Å². The maximum absolute atomic E-state index is 11.8. The lowest BCUT2D eigenvalue weighted by molar-refractivity contribution is -0.143. The van der Waals surface area contributed by atoms with Crippen LogP contribution in [-0.4, -0.2) is 38.5 Å². The minimum Gasteiger partial charge on any atom is -0.493 e. The van der Waals surface area contributed by atoms with Crippen LogP contribution in [0.5, 0.6) is 11.5 Å². The maximum atomic E-state index is 11.8. The third-order valence-electron chi connectivity index (χ3n) is 4.70. The number of carbonyl (C=O) groups is 1. The molecule has 5 heteroatoms. The number of rotatable bonds is 14. The van der Waals surface area contributed by atoms with Crippen molar-refractivity contribution in [2.24, 2.45) is 11.8 Å². The molecule has 0 spiro atoms. The van der Waals surface area contributed by atoms with Crippen LogP contribution in [0.2, 0.25) is 0 Å². The molecule has 0 aliphatic heterocycles. The molecule has 1 rings (SSSR count). The van der Waals surface area contributed by atoms with Gasteiger partial charge < -0.3 is 19.3 Å². The summed E-state index contributed by atoms with van der Waals surface area (Å²) < 4.78 is 16.2. The van der Waals surface area contributed by atoms with Crippen LogP contribution in [0.1, 0.15) is 51.5 Å². The first-order valence-corrected chi connectivity index (χ1v) is 9.54. The summed E-state index contributed by atoms with van der Waals surface area (Å²) >= 11 is 0. The number of ether oxygens (including phenoxy) is 3. The van der Waals surface area contributed by atoms with Gasteiger partial charge in [0.05, 0.1) is 19.6 Å². The van der Waals surface area contributed by atoms with Crippen LogP contribution < -0.4 is 9.47 Å². The van der Waals surface area contributed by atoms with Crippen molar-refractivity contribution in [2.45, 2.75) is 52.4 Å². The molecule has 2 unspecified atom stereocenters. The number of hydrogen-bond donors (Lipinski definition) is 1. The minimum absolute atomic E-state index is 0.146. The van der Waals surface area contributed by atoms with E-state index in [0.29, 0.717) is 31.1 Å². The van der Waals surface area contributed by atoms with E-state index in [-0.39, 0.29) is 11.8 Å². The number of aliphatic carboxylic acids is 1. The molecule has 1 aromatic rings. The molecule has 0 amide bonds. The van der Waals surface area contributed by atoms with Crippen LogP contribution in [0.4, 0.5) is 0 Å². The van der Waals surface area contributed by atoms with Crippen molar-refractivity contribution in [2.75, 3.05) is 27.4 Å². The summed E-state index contributed by atoms with van der Waals surface area (Å²) in [6.45, 7) is 5.37. The van der Waals surface area contributed by atoms with Crippen molar-refractivity contribution in [1.82, 2.24) is 0 Å². The molecule has 2 atom stereocenters. The first kappa shape index (κ1) is 22.3. The standard InChI is InChI=1S/C21H34O5/c1-5-6-7-9-16(2)18(21(22)23)14-17-10-11-19(25-4)20(15-17)26-13-8-12-24-3/h10-11,15-16,18H,5-9,12-14H2,1-4H3,(H,22,23). The first-order chi connectivity index (χ1) is 12.5. The molecule has 0 fully saturated rings. The summed E-state index contributed by atoms with van der Waals surface area (Å²) in [5.74, 6) is 0.346. The van der Waals surface area contributed by atoms with Crippen LogP contribution in [0.15, 0.2) is 18.2 Å². The molecular weight excluding hydrogens is 332 g/mol. The summed E-state index contributed by atoms with van der Waals surface area (Å²) in [7, 11) is 3.27. The number of hydrogen-bond acceptors (Lipinski definition) is 4. The van der Waals surface area contributed by atoms with Crippen molar-refractivity contribution >= 4 is 5.97 Å². The average molecular weight is 366 g/mol. The summed E-state index contributed by atoms with van der Waals surface area (Å²) in [5.41, 5.74) is 0.960. The zero-order valence-electron chi connectivity index (χ0n) is 16.6. The quantitative estimate of drug-likeness (QED) is 0.489. The van der Waals surface area contributed by atoms with E-state index in [1.807, 2.05) is 25.1 Å². The summed E-state index contributed by atoms with van der Waals surface area (Å²) in [6, 6.07) is 5.68. The van der Waals surface area contributed by atoms with E-state index >= 15 is 0 Å². The fourth-order valence-electron chi connectivity index (χ4n) is 3.05. The highest BCUT2D eigenvalue weighted by Crippen LogP contribution is 2.31. The fraction of sp³-hybridized carbons (Fsp3) is 0.667. The normalized spacial score (nSPS) is 13.2. The zero-order valence-corrected chi connectivity index (χ0v) is 16.6. The Bertz CT molecular complexity index is 529. The topological polar surface area (TPSA) is 65.0 Å². The van der Waals surface area contributed by atoms with Gasteiger partial charge in [0.2, 0.25) is 0 Å². The highest BCUT2D eigenvalue weighted by Gasteiger charge is 2.25. The van der Waals surface area contributed by atoms with E-state index in [4.69, 9.17) is 14.2 Å². The number of benzene rings is 1. The van der Waals surface area contributed by atoms with Gasteiger partial charge in [-0.3, -0.25) is 4.79 Å². The van der Waals surface area contributed by atoms with Crippen molar-refractivity contribution in [3.05, 3.63) is 23.8 Å². The largest absolute Gasteiger partial charge is 0.493 e. The van der Waals surface area contributed by atoms with Crippen LogP contribution >= 0.6 is 0 Å². The molecule has 0 saturated carbocycles. The van der Waals surface area contributed by atoms with Gasteiger partial charge in [-0.15, -0.1) is 0 Å². The van der Waals surface area contributed by atoms with Gasteiger partial charge in [-0.05, 0) is 36.5 Å². The van der Waals surface area contributed by atoms with Crippen LogP contribution in [0.3, 0.4) is 0 Å². The van der Waals surface area contributed by atoms with Gasteiger partial charge in [0.15, 0.2) is 11.5 Å². The van der Waals surface area contributed by atoms with Gasteiger partial charge in [-0.25, -0.2) is 0 Å². The van der Waals surface area contributed by atoms with Gasteiger partial charge in [0.25, 0.3) is 0 Å². The molecule has 0 bridgehead atoms. The Morgan fingerprint density at radius 2 is 1.88 bits per heavy atom. The Hall–Kier alpha value is -1.75. The Morgan fingerprint density at radius 3 is 2.50 bits per heavy atom. The fourth-order valence-corrected chi connectivity index (χ4v) is 3.05. The minimum atomic E-state index is -0.729. The molecule has 1 N–H and O–H groups in total. The average Bonchev–Trinajstić information content (AvgIpc) is 2.63. The molecule has 148 valence electrons. The van der Waals surface area contributed by atoms with Crippen molar-refractivity contribution < 1.29 is 24.1 Å². The molecule has 0 aliphatic rings. The van der Waals surface area contributed by atoms with Crippen LogP contribution in [0, 0.1) is 11.8 Å². The third kappa shape index (κ3) is 7.65. The second kappa shape index (κ2) is 12.6. The number of methoxy groups -OCH3 is 2. The van der Waals surface area contributed by atoms with Gasteiger partial charge in [-0.2, -0.15) is 0 Å². The third-order valence-corrected chi connectivity index (χ3v) is 4.70. The van der Waals surface area contributed by atoms with E-state index in [0.717, 1.165) is 37.7 Å². The molecule has 0 radical (unpaired) electrons. The van der Waals surface area contributed by atoms with Gasteiger partial charge in [0, 0.05) is 20.1 Å². The summed E-state index contributed by atoms with van der Waals surface area (Å²) in [4.78, 5) is 11.8. The van der Waals surface area contributed by atoms with E-state index in [2.05, 4.69) is 6.92 Å². The lowest BCUT2D eigenvalue weighted by Crippen LogP contribution is -2.24. The molecule has 0 heterocycles. The Balaban J connectivity index is 2.79. The second-order valence-electron chi connectivity index (χ2n) is 6.80. The highest BCUT2D eigenvalue weighted by molar-refractivity contribution is 5.70. The maximum Gasteiger partial charge on any atom is 0.307 e. The SMILES string of the molecule is CCCCCC(C)C(Cc1ccc(OC)c(OCCCOC)c1)C(=O)O. The lowest BCUT2D eigenvalue weighted by atomic mass is 9.84. The number of carboxylic acid groups (broad SMARTS) is 1. The predicted octanol–water partition coefficient (Wildman–Crippen LogP) is 4.57. The molecular formula is C21H34O5.